The summed E-state index contributed by atoms with van der Waals surface area (Å²) in [5.41, 5.74) is 5.78. The summed E-state index contributed by atoms with van der Waals surface area (Å²) in [5.74, 6) is 0.616. The highest BCUT2D eigenvalue weighted by molar-refractivity contribution is 5.81. The van der Waals surface area contributed by atoms with E-state index < -0.39 is 6.04 Å². The molecule has 90 valence electrons. The zero-order chi connectivity index (χ0) is 12.1. The van der Waals surface area contributed by atoms with Crippen LogP contribution >= 0.6 is 0 Å². The largest absolute Gasteiger partial charge is 0.347 e. The lowest BCUT2D eigenvalue weighted by Gasteiger charge is -2.16. The molecule has 2 unspecified atom stereocenters. The van der Waals surface area contributed by atoms with E-state index >= 15 is 0 Å². The van der Waals surface area contributed by atoms with Crippen LogP contribution < -0.4 is 11.1 Å². The van der Waals surface area contributed by atoms with Gasteiger partial charge in [0.2, 0.25) is 5.91 Å². The molecule has 0 aliphatic carbocycles. The minimum atomic E-state index is -0.464. The minimum absolute atomic E-state index is 0.151. The summed E-state index contributed by atoms with van der Waals surface area (Å²) >= 11 is 0. The third kappa shape index (κ3) is 3.30. The number of hydrogen-bond acceptors (Lipinski definition) is 4. The van der Waals surface area contributed by atoms with E-state index in [1.807, 2.05) is 13.8 Å². The first-order valence-corrected chi connectivity index (χ1v) is 5.42. The average molecular weight is 225 g/mol. The van der Waals surface area contributed by atoms with Crippen molar-refractivity contribution < 1.29 is 4.79 Å². The molecule has 0 aliphatic rings. The molecule has 16 heavy (non-hydrogen) atoms. The molecule has 0 saturated heterocycles. The summed E-state index contributed by atoms with van der Waals surface area (Å²) in [4.78, 5) is 15.6. The number of hydrogen-bond donors (Lipinski definition) is 2. The lowest BCUT2D eigenvalue weighted by molar-refractivity contribution is -0.123. The lowest BCUT2D eigenvalue weighted by atomic mass is 9.99. The molecule has 1 rings (SSSR count). The van der Waals surface area contributed by atoms with Crippen LogP contribution in [0.5, 0.6) is 0 Å². The number of nitrogens with zero attached hydrogens (tertiary/aromatic N) is 3. The highest BCUT2D eigenvalue weighted by atomic mass is 16.2. The van der Waals surface area contributed by atoms with Crippen molar-refractivity contribution in [3.8, 4) is 0 Å². The molecule has 6 nitrogen and oxygen atoms in total. The zero-order valence-corrected chi connectivity index (χ0v) is 9.97. The van der Waals surface area contributed by atoms with Gasteiger partial charge in [-0.2, -0.15) is 5.10 Å². The van der Waals surface area contributed by atoms with E-state index in [9.17, 15) is 4.79 Å². The van der Waals surface area contributed by atoms with E-state index in [0.29, 0.717) is 12.4 Å². The van der Waals surface area contributed by atoms with Gasteiger partial charge >= 0.3 is 0 Å². The van der Waals surface area contributed by atoms with Crippen molar-refractivity contribution >= 4 is 5.91 Å². The van der Waals surface area contributed by atoms with Gasteiger partial charge in [0.15, 0.2) is 5.82 Å². The maximum absolute atomic E-state index is 11.6. The Morgan fingerprint density at radius 3 is 2.88 bits per heavy atom. The van der Waals surface area contributed by atoms with Gasteiger partial charge in [0.05, 0.1) is 12.6 Å². The van der Waals surface area contributed by atoms with Crippen molar-refractivity contribution in [1.82, 2.24) is 20.1 Å². The number of aryl methyl sites for hydroxylation is 1. The predicted octanol–water partition coefficient (Wildman–Crippen LogP) is -0.195. The lowest BCUT2D eigenvalue weighted by Crippen LogP contribution is -2.44. The minimum Gasteiger partial charge on any atom is -0.347 e. The molecule has 0 aromatic carbocycles. The molecule has 0 saturated carbocycles. The number of rotatable bonds is 5. The molecule has 6 heteroatoms. The van der Waals surface area contributed by atoms with Gasteiger partial charge in [-0.3, -0.25) is 9.48 Å². The Morgan fingerprint density at radius 2 is 2.38 bits per heavy atom. The zero-order valence-electron chi connectivity index (χ0n) is 9.97. The van der Waals surface area contributed by atoms with Gasteiger partial charge in [-0.1, -0.05) is 20.3 Å². The van der Waals surface area contributed by atoms with Gasteiger partial charge < -0.3 is 11.1 Å². The fourth-order valence-corrected chi connectivity index (χ4v) is 1.26. The third-order valence-corrected chi connectivity index (χ3v) is 2.63. The maximum Gasteiger partial charge on any atom is 0.237 e. The molecule has 0 fully saturated rings. The SMILES string of the molecule is CCC(C)C(N)C(=O)NCc1ncn(C)n1. The Morgan fingerprint density at radius 1 is 1.69 bits per heavy atom. The Kier molecular flexibility index (Phi) is 4.42. The van der Waals surface area contributed by atoms with Gasteiger partial charge in [-0.25, -0.2) is 4.98 Å². The van der Waals surface area contributed by atoms with E-state index in [4.69, 9.17) is 5.73 Å². The Balaban J connectivity index is 2.40. The molecule has 0 radical (unpaired) electrons. The predicted molar refractivity (Wildman–Crippen MR) is 60.3 cm³/mol. The van der Waals surface area contributed by atoms with Crippen molar-refractivity contribution in [1.29, 1.82) is 0 Å². The fraction of sp³-hybridized carbons (Fsp3) is 0.700. The summed E-state index contributed by atoms with van der Waals surface area (Å²) in [6, 6.07) is -0.464. The molecule has 0 aliphatic heterocycles. The van der Waals surface area contributed by atoms with Crippen LogP contribution in [0.2, 0.25) is 0 Å². The molecular weight excluding hydrogens is 206 g/mol. The van der Waals surface area contributed by atoms with E-state index in [1.54, 1.807) is 18.1 Å². The number of nitrogens with two attached hydrogens (primary N) is 1. The highest BCUT2D eigenvalue weighted by Gasteiger charge is 2.19. The Labute approximate surface area is 95.2 Å². The standard InChI is InChI=1S/C10H19N5O/c1-4-7(2)9(11)10(16)12-5-8-13-6-15(3)14-8/h6-7,9H,4-5,11H2,1-3H3,(H,12,16). The normalized spacial score (nSPS) is 14.5. The first-order chi connectivity index (χ1) is 7.54. The van der Waals surface area contributed by atoms with Crippen LogP contribution in [0.1, 0.15) is 26.1 Å². The van der Waals surface area contributed by atoms with Crippen LogP contribution in [0, 0.1) is 5.92 Å². The summed E-state index contributed by atoms with van der Waals surface area (Å²) in [5, 5.41) is 6.78. The van der Waals surface area contributed by atoms with Crippen LogP contribution in [0.25, 0.3) is 0 Å². The second-order valence-electron chi connectivity index (χ2n) is 3.96. The van der Waals surface area contributed by atoms with Crippen molar-refractivity contribution in [2.75, 3.05) is 0 Å². The van der Waals surface area contributed by atoms with Crippen molar-refractivity contribution in [2.45, 2.75) is 32.9 Å². The van der Waals surface area contributed by atoms with Crippen LogP contribution in [-0.2, 0) is 18.4 Å². The van der Waals surface area contributed by atoms with E-state index in [2.05, 4.69) is 15.4 Å². The Hall–Kier alpha value is -1.43. The summed E-state index contributed by atoms with van der Waals surface area (Å²) in [7, 11) is 1.78. The molecule has 0 bridgehead atoms. The molecular formula is C10H19N5O. The summed E-state index contributed by atoms with van der Waals surface area (Å²) in [6.07, 6.45) is 2.48. The van der Waals surface area contributed by atoms with Gasteiger partial charge in [-0.15, -0.1) is 0 Å². The number of amides is 1. The van der Waals surface area contributed by atoms with Crippen molar-refractivity contribution in [3.05, 3.63) is 12.2 Å². The first kappa shape index (κ1) is 12.6. The van der Waals surface area contributed by atoms with Crippen molar-refractivity contribution in [2.24, 2.45) is 18.7 Å². The topological polar surface area (TPSA) is 85.8 Å². The number of carbonyl (C=O) groups excluding carboxylic acids is 1. The molecule has 1 amide bonds. The van der Waals surface area contributed by atoms with Gasteiger partial charge in [-0.05, 0) is 5.92 Å². The summed E-state index contributed by atoms with van der Waals surface area (Å²) in [6.45, 7) is 4.30. The quantitative estimate of drug-likeness (QED) is 0.727. The van der Waals surface area contributed by atoms with Crippen LogP contribution in [0.4, 0.5) is 0 Å². The smallest absolute Gasteiger partial charge is 0.237 e. The highest BCUT2D eigenvalue weighted by Crippen LogP contribution is 2.05. The van der Waals surface area contributed by atoms with E-state index in [0.717, 1.165) is 6.42 Å². The van der Waals surface area contributed by atoms with Gasteiger partial charge in [0, 0.05) is 7.05 Å². The van der Waals surface area contributed by atoms with Crippen LogP contribution in [-0.4, -0.2) is 26.7 Å². The number of carbonyl (C=O) groups is 1. The van der Waals surface area contributed by atoms with Crippen molar-refractivity contribution in [3.63, 3.8) is 0 Å². The molecule has 1 aromatic rings. The number of nitrogens with one attached hydrogen (secondary N) is 1. The van der Waals surface area contributed by atoms with E-state index in [-0.39, 0.29) is 11.8 Å². The molecule has 3 N–H and O–H groups in total. The third-order valence-electron chi connectivity index (χ3n) is 2.63. The summed E-state index contributed by atoms with van der Waals surface area (Å²) < 4.78 is 1.59. The van der Waals surface area contributed by atoms with Gasteiger partial charge in [0.25, 0.3) is 0 Å². The fourth-order valence-electron chi connectivity index (χ4n) is 1.26. The second-order valence-corrected chi connectivity index (χ2v) is 3.96. The molecule has 2 atom stereocenters. The maximum atomic E-state index is 11.6. The average Bonchev–Trinajstić information content (AvgIpc) is 2.69. The molecule has 1 heterocycles. The second kappa shape index (κ2) is 5.60. The van der Waals surface area contributed by atoms with E-state index in [1.165, 1.54) is 0 Å². The van der Waals surface area contributed by atoms with Crippen LogP contribution in [0.15, 0.2) is 6.33 Å². The van der Waals surface area contributed by atoms with Gasteiger partial charge in [0.1, 0.15) is 6.33 Å². The molecule has 0 spiro atoms. The number of aromatic nitrogens is 3. The Bertz CT molecular complexity index is 349. The van der Waals surface area contributed by atoms with Crippen LogP contribution in [0.3, 0.4) is 0 Å². The first-order valence-electron chi connectivity index (χ1n) is 5.42. The monoisotopic (exact) mass is 225 g/mol. The molecule has 1 aromatic heterocycles.